The van der Waals surface area contributed by atoms with Crippen LogP contribution in [0.5, 0.6) is 0 Å². The molecule has 4 nitrogen and oxygen atoms in total. The highest BCUT2D eigenvalue weighted by Crippen LogP contribution is 2.36. The molecule has 0 aliphatic rings. The number of alkyl halides is 3. The fourth-order valence-electron chi connectivity index (χ4n) is 2.49. The van der Waals surface area contributed by atoms with E-state index in [-0.39, 0.29) is 33.0 Å². The van der Waals surface area contributed by atoms with Crippen LogP contribution in [0.2, 0.25) is 0 Å². The number of rotatable bonds is 2. The number of hydrogen-bond donors (Lipinski definition) is 2. The topological polar surface area (TPSA) is 76.0 Å². The van der Waals surface area contributed by atoms with E-state index in [1.807, 2.05) is 0 Å². The Hall–Kier alpha value is -2.46. The van der Waals surface area contributed by atoms with Crippen LogP contribution in [0.3, 0.4) is 0 Å². The summed E-state index contributed by atoms with van der Waals surface area (Å²) in [6.45, 7) is 0. The lowest BCUT2D eigenvalue weighted by Crippen LogP contribution is -2.11. The van der Waals surface area contributed by atoms with E-state index in [1.54, 1.807) is 0 Å². The number of sulfonamides is 1. The summed E-state index contributed by atoms with van der Waals surface area (Å²) in [6, 6.07) is 4.38. The van der Waals surface area contributed by atoms with Gasteiger partial charge in [-0.2, -0.15) is 13.2 Å². The van der Waals surface area contributed by atoms with Crippen molar-refractivity contribution in [3.63, 3.8) is 0 Å². The SMILES string of the molecule is NS(=O)(=O)c1c[nH]c2cc(-c3cc(F)c(C(F)(F)F)cc3F)ccc12. The summed E-state index contributed by atoms with van der Waals surface area (Å²) >= 11 is 0. The van der Waals surface area contributed by atoms with E-state index in [0.29, 0.717) is 6.07 Å². The zero-order valence-electron chi connectivity index (χ0n) is 12.2. The number of hydrogen-bond acceptors (Lipinski definition) is 2. The van der Waals surface area contributed by atoms with Gasteiger partial charge in [-0.25, -0.2) is 22.3 Å². The average molecular weight is 376 g/mol. The largest absolute Gasteiger partial charge is 0.419 e. The zero-order chi connectivity index (χ0) is 18.6. The number of aromatic amines is 1. The Morgan fingerprint density at radius 1 is 1.00 bits per heavy atom. The van der Waals surface area contributed by atoms with Gasteiger partial charge in [-0.1, -0.05) is 12.1 Å². The Morgan fingerprint density at radius 2 is 1.68 bits per heavy atom. The first-order chi connectivity index (χ1) is 11.5. The van der Waals surface area contributed by atoms with E-state index in [1.165, 1.54) is 18.2 Å². The first-order valence-electron chi connectivity index (χ1n) is 6.69. The van der Waals surface area contributed by atoms with Crippen LogP contribution < -0.4 is 5.14 Å². The maximum absolute atomic E-state index is 14.0. The van der Waals surface area contributed by atoms with E-state index in [9.17, 15) is 30.4 Å². The van der Waals surface area contributed by atoms with Gasteiger partial charge in [0, 0.05) is 22.7 Å². The second-order valence-corrected chi connectivity index (χ2v) is 6.80. The molecule has 0 unspecified atom stereocenters. The molecule has 0 aliphatic carbocycles. The minimum Gasteiger partial charge on any atom is -0.360 e. The molecule has 132 valence electrons. The number of nitrogens with one attached hydrogen (secondary N) is 1. The van der Waals surface area contributed by atoms with Crippen molar-refractivity contribution in [3.05, 3.63) is 53.7 Å². The molecule has 0 fully saturated rings. The number of primary sulfonamides is 1. The van der Waals surface area contributed by atoms with Crippen molar-refractivity contribution >= 4 is 20.9 Å². The number of benzene rings is 2. The van der Waals surface area contributed by atoms with Gasteiger partial charge in [0.2, 0.25) is 10.0 Å². The smallest absolute Gasteiger partial charge is 0.360 e. The molecule has 3 N–H and O–H groups in total. The van der Waals surface area contributed by atoms with Crippen LogP contribution >= 0.6 is 0 Å². The molecule has 0 spiro atoms. The van der Waals surface area contributed by atoms with Gasteiger partial charge >= 0.3 is 6.18 Å². The Kier molecular flexibility index (Phi) is 3.84. The standard InChI is InChI=1S/C15H9F5N2O2S/c16-11-5-10(15(18,19)20)12(17)4-9(11)7-1-2-8-13(3-7)22-6-14(8)25(21,23)24/h1-6,22H,(H2,21,23,24). The Balaban J connectivity index is 2.16. The predicted molar refractivity (Wildman–Crippen MR) is 80.0 cm³/mol. The normalized spacial score (nSPS) is 12.7. The Bertz CT molecular complexity index is 1090. The van der Waals surface area contributed by atoms with Crippen LogP contribution in [-0.4, -0.2) is 13.4 Å². The third kappa shape index (κ3) is 3.10. The third-order valence-electron chi connectivity index (χ3n) is 3.62. The van der Waals surface area contributed by atoms with Crippen LogP contribution in [0.4, 0.5) is 22.0 Å². The summed E-state index contributed by atoms with van der Waals surface area (Å²) in [7, 11) is -3.99. The quantitative estimate of drug-likeness (QED) is 0.668. The van der Waals surface area contributed by atoms with Crippen molar-refractivity contribution in [2.24, 2.45) is 5.14 Å². The highest BCUT2D eigenvalue weighted by atomic mass is 32.2. The molecule has 1 aromatic heterocycles. The number of halogens is 5. The summed E-state index contributed by atoms with van der Waals surface area (Å²) in [5.41, 5.74) is -1.77. The van der Waals surface area contributed by atoms with Crippen molar-refractivity contribution in [1.82, 2.24) is 4.98 Å². The third-order valence-corrected chi connectivity index (χ3v) is 4.57. The fourth-order valence-corrected chi connectivity index (χ4v) is 3.20. The maximum atomic E-state index is 14.0. The van der Waals surface area contributed by atoms with Gasteiger partial charge < -0.3 is 4.98 Å². The zero-order valence-corrected chi connectivity index (χ0v) is 13.0. The van der Waals surface area contributed by atoms with Gasteiger partial charge in [0.05, 0.1) is 5.56 Å². The molecule has 0 bridgehead atoms. The highest BCUT2D eigenvalue weighted by Gasteiger charge is 2.35. The lowest BCUT2D eigenvalue weighted by Gasteiger charge is -2.11. The van der Waals surface area contributed by atoms with Crippen molar-refractivity contribution in [3.8, 4) is 11.1 Å². The lowest BCUT2D eigenvalue weighted by atomic mass is 10.0. The van der Waals surface area contributed by atoms with Gasteiger partial charge in [0.1, 0.15) is 16.5 Å². The molecule has 3 aromatic rings. The first kappa shape index (κ1) is 17.4. The Labute approximate surface area is 138 Å². The van der Waals surface area contributed by atoms with Gasteiger partial charge in [-0.15, -0.1) is 0 Å². The van der Waals surface area contributed by atoms with E-state index >= 15 is 0 Å². The van der Waals surface area contributed by atoms with E-state index in [0.717, 1.165) is 6.20 Å². The maximum Gasteiger partial charge on any atom is 0.419 e. The van der Waals surface area contributed by atoms with Crippen LogP contribution in [-0.2, 0) is 16.2 Å². The number of nitrogens with two attached hydrogens (primary N) is 1. The molecule has 0 atom stereocenters. The Morgan fingerprint density at radius 3 is 2.28 bits per heavy atom. The monoisotopic (exact) mass is 376 g/mol. The summed E-state index contributed by atoms with van der Waals surface area (Å²) in [4.78, 5) is 2.43. The van der Waals surface area contributed by atoms with Crippen molar-refractivity contribution in [2.75, 3.05) is 0 Å². The van der Waals surface area contributed by atoms with E-state index < -0.39 is 33.4 Å². The minimum atomic E-state index is -5.02. The van der Waals surface area contributed by atoms with E-state index in [4.69, 9.17) is 5.14 Å². The second-order valence-electron chi connectivity index (χ2n) is 5.27. The molecule has 0 aliphatic heterocycles. The molecular formula is C15H9F5N2O2S. The summed E-state index contributed by atoms with van der Waals surface area (Å²) in [5.74, 6) is -2.87. The van der Waals surface area contributed by atoms with Crippen LogP contribution in [0.25, 0.3) is 22.0 Å². The van der Waals surface area contributed by atoms with Gasteiger partial charge in [0.25, 0.3) is 0 Å². The number of fused-ring (bicyclic) bond motifs is 1. The lowest BCUT2D eigenvalue weighted by molar-refractivity contribution is -0.140. The number of aromatic nitrogens is 1. The van der Waals surface area contributed by atoms with Gasteiger partial charge in [0.15, 0.2) is 0 Å². The second kappa shape index (κ2) is 5.53. The predicted octanol–water partition coefficient (Wildman–Crippen LogP) is 3.78. The molecule has 0 radical (unpaired) electrons. The number of H-pyrrole nitrogens is 1. The molecule has 2 aromatic carbocycles. The molecule has 1 heterocycles. The van der Waals surface area contributed by atoms with Crippen LogP contribution in [0.1, 0.15) is 5.56 Å². The van der Waals surface area contributed by atoms with Gasteiger partial charge in [-0.3, -0.25) is 0 Å². The minimum absolute atomic E-state index is 0.0699. The first-order valence-corrected chi connectivity index (χ1v) is 8.23. The molecular weight excluding hydrogens is 367 g/mol. The van der Waals surface area contributed by atoms with Crippen molar-refractivity contribution in [1.29, 1.82) is 0 Å². The molecule has 25 heavy (non-hydrogen) atoms. The van der Waals surface area contributed by atoms with Crippen LogP contribution in [0, 0.1) is 11.6 Å². The summed E-state index contributed by atoms with van der Waals surface area (Å²) in [6.07, 6.45) is -3.88. The van der Waals surface area contributed by atoms with Crippen molar-refractivity contribution < 1.29 is 30.4 Å². The summed E-state index contributed by atoms with van der Waals surface area (Å²) in [5, 5.41) is 5.28. The molecule has 3 rings (SSSR count). The van der Waals surface area contributed by atoms with Crippen molar-refractivity contribution in [2.45, 2.75) is 11.1 Å². The summed E-state index contributed by atoms with van der Waals surface area (Å²) < 4.78 is 88.4. The fraction of sp³-hybridized carbons (Fsp3) is 0.0667. The molecule has 0 saturated carbocycles. The van der Waals surface area contributed by atoms with E-state index in [2.05, 4.69) is 4.98 Å². The van der Waals surface area contributed by atoms with Gasteiger partial charge in [-0.05, 0) is 23.8 Å². The average Bonchev–Trinajstić information content (AvgIpc) is 2.91. The molecule has 0 saturated heterocycles. The molecule has 10 heteroatoms. The molecule has 0 amide bonds. The van der Waals surface area contributed by atoms with Crippen LogP contribution in [0.15, 0.2) is 41.4 Å². The highest BCUT2D eigenvalue weighted by molar-refractivity contribution is 7.89.